The Balaban J connectivity index is 0.00000144. The number of hydrogen-bond acceptors (Lipinski definition) is 4. The van der Waals surface area contributed by atoms with Gasteiger partial charge in [-0.15, -0.1) is 12.4 Å². The summed E-state index contributed by atoms with van der Waals surface area (Å²) < 4.78 is 31.6. The second-order valence-electron chi connectivity index (χ2n) is 3.59. The highest BCUT2D eigenvalue weighted by Crippen LogP contribution is 2.32. The Morgan fingerprint density at radius 1 is 1.53 bits per heavy atom. The molecule has 0 aromatic heterocycles. The van der Waals surface area contributed by atoms with Crippen molar-refractivity contribution in [1.29, 1.82) is 0 Å². The molecule has 1 saturated heterocycles. The van der Waals surface area contributed by atoms with Gasteiger partial charge < -0.3 is 14.7 Å². The zero-order valence-electron chi connectivity index (χ0n) is 8.78. The molecule has 2 heterocycles. The van der Waals surface area contributed by atoms with Gasteiger partial charge in [0, 0.05) is 19.2 Å². The smallest absolute Gasteiger partial charge is 0.296 e. The SMILES string of the molecule is Cl.OC1(F)C(F)=CC(N2CCOCC2)=NC1Cl. The van der Waals surface area contributed by atoms with Crippen LogP contribution in [0, 0.1) is 0 Å². The van der Waals surface area contributed by atoms with Crippen LogP contribution in [0.15, 0.2) is 16.9 Å². The van der Waals surface area contributed by atoms with Gasteiger partial charge >= 0.3 is 0 Å². The number of halogens is 4. The molecule has 2 atom stereocenters. The first kappa shape index (κ1) is 14.6. The summed E-state index contributed by atoms with van der Waals surface area (Å²) in [4.78, 5) is 5.45. The van der Waals surface area contributed by atoms with Gasteiger partial charge in [0.25, 0.3) is 5.85 Å². The van der Waals surface area contributed by atoms with E-state index in [1.807, 2.05) is 0 Å². The molecule has 8 heteroatoms. The minimum atomic E-state index is -3.21. The second kappa shape index (κ2) is 5.48. The van der Waals surface area contributed by atoms with E-state index in [-0.39, 0.29) is 18.2 Å². The first-order valence-electron chi connectivity index (χ1n) is 4.85. The Bertz CT molecular complexity index is 344. The molecule has 0 spiro atoms. The number of aliphatic imine (C=N–C) groups is 1. The maximum Gasteiger partial charge on any atom is 0.296 e. The lowest BCUT2D eigenvalue weighted by Crippen LogP contribution is -2.45. The van der Waals surface area contributed by atoms with Gasteiger partial charge in [0.1, 0.15) is 5.84 Å². The van der Waals surface area contributed by atoms with E-state index >= 15 is 0 Å². The van der Waals surface area contributed by atoms with Crippen molar-refractivity contribution < 1.29 is 18.6 Å². The molecule has 2 rings (SSSR count). The topological polar surface area (TPSA) is 45.1 Å². The summed E-state index contributed by atoms with van der Waals surface area (Å²) in [5.41, 5.74) is -1.66. The quantitative estimate of drug-likeness (QED) is 0.539. The highest BCUT2D eigenvalue weighted by Gasteiger charge is 2.44. The summed E-state index contributed by atoms with van der Waals surface area (Å²) >= 11 is 5.47. The summed E-state index contributed by atoms with van der Waals surface area (Å²) in [5, 5.41) is 9.04. The zero-order valence-corrected chi connectivity index (χ0v) is 10.3. The molecule has 0 amide bonds. The van der Waals surface area contributed by atoms with Crippen LogP contribution in [0.4, 0.5) is 8.78 Å². The predicted molar refractivity (Wildman–Crippen MR) is 62.0 cm³/mol. The molecular weight excluding hydrogens is 277 g/mol. The number of alkyl halides is 2. The number of ether oxygens (including phenoxy) is 1. The second-order valence-corrected chi connectivity index (χ2v) is 4.00. The number of dihydropyridines is 1. The van der Waals surface area contributed by atoms with Crippen molar-refractivity contribution in [2.75, 3.05) is 26.3 Å². The molecule has 1 fully saturated rings. The zero-order chi connectivity index (χ0) is 11.8. The van der Waals surface area contributed by atoms with E-state index in [4.69, 9.17) is 21.4 Å². The van der Waals surface area contributed by atoms with Gasteiger partial charge in [-0.05, 0) is 0 Å². The molecule has 0 aromatic rings. The van der Waals surface area contributed by atoms with Crippen molar-refractivity contribution in [2.24, 2.45) is 4.99 Å². The van der Waals surface area contributed by atoms with Gasteiger partial charge in [-0.2, -0.15) is 0 Å². The lowest BCUT2D eigenvalue weighted by Gasteiger charge is -2.32. The van der Waals surface area contributed by atoms with Crippen LogP contribution >= 0.6 is 24.0 Å². The Morgan fingerprint density at radius 3 is 2.65 bits per heavy atom. The summed E-state index contributed by atoms with van der Waals surface area (Å²) in [5.74, 6) is -4.29. The minimum absolute atomic E-state index is 0. The fourth-order valence-corrected chi connectivity index (χ4v) is 1.74. The van der Waals surface area contributed by atoms with Crippen molar-refractivity contribution >= 4 is 29.8 Å². The number of morpholine rings is 1. The van der Waals surface area contributed by atoms with Crippen LogP contribution in [-0.2, 0) is 4.74 Å². The summed E-state index contributed by atoms with van der Waals surface area (Å²) in [7, 11) is 0. The number of aliphatic hydroxyl groups is 1. The average Bonchev–Trinajstić information content (AvgIpc) is 2.27. The Labute approximate surface area is 108 Å². The maximum absolute atomic E-state index is 13.2. The van der Waals surface area contributed by atoms with Crippen molar-refractivity contribution in [3.8, 4) is 0 Å². The maximum atomic E-state index is 13.2. The molecule has 1 N–H and O–H groups in total. The fourth-order valence-electron chi connectivity index (χ4n) is 1.53. The van der Waals surface area contributed by atoms with Crippen LogP contribution in [0.3, 0.4) is 0 Å². The monoisotopic (exact) mass is 288 g/mol. The predicted octanol–water partition coefficient (Wildman–Crippen LogP) is 1.23. The molecule has 2 aliphatic heterocycles. The molecule has 2 aliphatic rings. The molecule has 0 bridgehead atoms. The summed E-state index contributed by atoms with van der Waals surface area (Å²) in [6.45, 7) is 2.08. The third-order valence-corrected chi connectivity index (χ3v) is 2.87. The van der Waals surface area contributed by atoms with Crippen molar-refractivity contribution in [2.45, 2.75) is 11.4 Å². The van der Waals surface area contributed by atoms with E-state index in [9.17, 15) is 8.78 Å². The third kappa shape index (κ3) is 2.88. The molecule has 0 saturated carbocycles. The van der Waals surface area contributed by atoms with Gasteiger partial charge in [0.15, 0.2) is 11.3 Å². The van der Waals surface area contributed by atoms with E-state index in [2.05, 4.69) is 4.99 Å². The van der Waals surface area contributed by atoms with E-state index in [0.29, 0.717) is 26.3 Å². The van der Waals surface area contributed by atoms with Crippen LogP contribution < -0.4 is 0 Å². The van der Waals surface area contributed by atoms with Crippen LogP contribution in [0.5, 0.6) is 0 Å². The van der Waals surface area contributed by atoms with Crippen LogP contribution in [-0.4, -0.2) is 53.5 Å². The molecule has 4 nitrogen and oxygen atoms in total. The highest BCUT2D eigenvalue weighted by atomic mass is 35.5. The minimum Gasteiger partial charge on any atom is -0.378 e. The van der Waals surface area contributed by atoms with Gasteiger partial charge in [-0.25, -0.2) is 13.8 Å². The largest absolute Gasteiger partial charge is 0.378 e. The number of amidine groups is 1. The summed E-state index contributed by atoms with van der Waals surface area (Å²) in [6, 6.07) is 0. The lowest BCUT2D eigenvalue weighted by molar-refractivity contribution is -0.0724. The molecule has 2 unspecified atom stereocenters. The van der Waals surface area contributed by atoms with E-state index < -0.39 is 17.2 Å². The normalized spacial score (nSPS) is 33.6. The molecule has 0 aromatic carbocycles. The fraction of sp³-hybridized carbons (Fsp3) is 0.667. The van der Waals surface area contributed by atoms with Crippen LogP contribution in [0.1, 0.15) is 0 Å². The van der Waals surface area contributed by atoms with Gasteiger partial charge in [0.05, 0.1) is 13.2 Å². The first-order valence-corrected chi connectivity index (χ1v) is 5.29. The Kier molecular flexibility index (Phi) is 4.71. The third-order valence-electron chi connectivity index (χ3n) is 2.49. The first-order chi connectivity index (χ1) is 7.51. The Morgan fingerprint density at radius 2 is 2.12 bits per heavy atom. The average molecular weight is 289 g/mol. The van der Waals surface area contributed by atoms with Crippen molar-refractivity contribution in [3.63, 3.8) is 0 Å². The van der Waals surface area contributed by atoms with E-state index in [1.165, 1.54) is 0 Å². The van der Waals surface area contributed by atoms with E-state index in [0.717, 1.165) is 6.08 Å². The molecule has 0 aliphatic carbocycles. The van der Waals surface area contributed by atoms with Gasteiger partial charge in [-0.3, -0.25) is 0 Å². The van der Waals surface area contributed by atoms with Crippen molar-refractivity contribution in [3.05, 3.63) is 11.9 Å². The van der Waals surface area contributed by atoms with Crippen molar-refractivity contribution in [1.82, 2.24) is 4.90 Å². The lowest BCUT2D eigenvalue weighted by atomic mass is 10.2. The molecular formula is C9H12Cl2F2N2O2. The highest BCUT2D eigenvalue weighted by molar-refractivity contribution is 6.22. The number of rotatable bonds is 0. The van der Waals surface area contributed by atoms with Crippen LogP contribution in [0.2, 0.25) is 0 Å². The summed E-state index contributed by atoms with van der Waals surface area (Å²) in [6.07, 6.45) is 0.865. The molecule has 98 valence electrons. The van der Waals surface area contributed by atoms with Gasteiger partial charge in [-0.1, -0.05) is 11.6 Å². The molecule has 0 radical (unpaired) electrons. The molecule has 17 heavy (non-hydrogen) atoms. The van der Waals surface area contributed by atoms with E-state index in [1.54, 1.807) is 4.90 Å². The Hall–Kier alpha value is -0.430. The number of nitrogens with zero attached hydrogens (tertiary/aromatic N) is 2. The van der Waals surface area contributed by atoms with Gasteiger partial charge in [0.2, 0.25) is 0 Å². The standard InChI is InChI=1S/C9H11ClF2N2O2.ClH/c10-8-9(12,15)6(11)5-7(13-8)14-1-3-16-4-2-14;/h5,8,15H,1-4H2;1H. The number of hydrogen-bond donors (Lipinski definition) is 1. The van der Waals surface area contributed by atoms with Crippen LogP contribution in [0.25, 0.3) is 0 Å².